The first-order chi connectivity index (χ1) is 11.2. The fraction of sp³-hybridized carbons (Fsp3) is 0.500. The fourth-order valence-corrected chi connectivity index (χ4v) is 2.10. The number of ether oxygens (including phenoxy) is 4. The Kier molecular flexibility index (Phi) is 5.06. The molecular formula is C16H22N2O6. The highest BCUT2D eigenvalue weighted by atomic mass is 16.6. The molecule has 1 atom stereocenters. The SMILES string of the molecule is COc1cc2c(cc1OC)OC[C@H](NC(=O)OC(C)(C)C)C(=O)N2. The van der Waals surface area contributed by atoms with Gasteiger partial charge >= 0.3 is 6.09 Å². The molecule has 0 unspecified atom stereocenters. The molecule has 1 aromatic rings. The second-order valence-electron chi connectivity index (χ2n) is 6.20. The van der Waals surface area contributed by atoms with Crippen molar-refractivity contribution >= 4 is 17.7 Å². The van der Waals surface area contributed by atoms with E-state index in [1.54, 1.807) is 32.9 Å². The summed E-state index contributed by atoms with van der Waals surface area (Å²) in [5.41, 5.74) is -0.221. The number of carbonyl (C=O) groups excluding carboxylic acids is 2. The van der Waals surface area contributed by atoms with E-state index in [9.17, 15) is 9.59 Å². The van der Waals surface area contributed by atoms with Gasteiger partial charge in [0.25, 0.3) is 5.91 Å². The number of anilines is 1. The predicted molar refractivity (Wildman–Crippen MR) is 86.8 cm³/mol. The van der Waals surface area contributed by atoms with E-state index in [2.05, 4.69) is 10.6 Å². The van der Waals surface area contributed by atoms with Crippen molar-refractivity contribution in [2.75, 3.05) is 26.1 Å². The molecule has 2 rings (SSSR count). The van der Waals surface area contributed by atoms with E-state index in [0.717, 1.165) is 0 Å². The summed E-state index contributed by atoms with van der Waals surface area (Å²) in [6, 6.07) is 2.33. The molecule has 0 saturated carbocycles. The number of hydrogen-bond acceptors (Lipinski definition) is 6. The molecule has 0 aromatic heterocycles. The summed E-state index contributed by atoms with van der Waals surface area (Å²) in [5.74, 6) is 0.948. The zero-order chi connectivity index (χ0) is 17.9. The lowest BCUT2D eigenvalue weighted by molar-refractivity contribution is -0.118. The third-order valence-corrected chi connectivity index (χ3v) is 3.16. The van der Waals surface area contributed by atoms with Gasteiger partial charge in [-0.3, -0.25) is 4.79 Å². The van der Waals surface area contributed by atoms with Crippen molar-refractivity contribution in [3.8, 4) is 17.2 Å². The molecule has 1 aromatic carbocycles. The third kappa shape index (κ3) is 4.21. The van der Waals surface area contributed by atoms with E-state index in [4.69, 9.17) is 18.9 Å². The number of alkyl carbamates (subject to hydrolysis) is 1. The summed E-state index contributed by atoms with van der Waals surface area (Å²) < 4.78 is 21.2. The van der Waals surface area contributed by atoms with Crippen molar-refractivity contribution < 1.29 is 28.5 Å². The molecular weight excluding hydrogens is 316 g/mol. The highest BCUT2D eigenvalue weighted by Crippen LogP contribution is 2.38. The van der Waals surface area contributed by atoms with E-state index in [1.165, 1.54) is 14.2 Å². The molecule has 1 aliphatic heterocycles. The molecule has 1 aliphatic rings. The number of fused-ring (bicyclic) bond motifs is 1. The Morgan fingerprint density at radius 2 is 1.88 bits per heavy atom. The van der Waals surface area contributed by atoms with E-state index in [0.29, 0.717) is 22.9 Å². The van der Waals surface area contributed by atoms with Gasteiger partial charge in [0.05, 0.1) is 19.9 Å². The van der Waals surface area contributed by atoms with Crippen LogP contribution in [0.4, 0.5) is 10.5 Å². The zero-order valence-corrected chi connectivity index (χ0v) is 14.4. The first kappa shape index (κ1) is 17.7. The molecule has 1 heterocycles. The summed E-state index contributed by atoms with van der Waals surface area (Å²) in [5, 5.41) is 5.19. The van der Waals surface area contributed by atoms with Crippen LogP contribution in [0.15, 0.2) is 12.1 Å². The molecule has 0 bridgehead atoms. The topological polar surface area (TPSA) is 95.1 Å². The Bertz CT molecular complexity index is 638. The van der Waals surface area contributed by atoms with Crippen LogP contribution in [0.5, 0.6) is 17.2 Å². The summed E-state index contributed by atoms with van der Waals surface area (Å²) in [4.78, 5) is 24.1. The predicted octanol–water partition coefficient (Wildman–Crippen LogP) is 1.93. The highest BCUT2D eigenvalue weighted by molar-refractivity contribution is 5.98. The van der Waals surface area contributed by atoms with Crippen LogP contribution in [0.3, 0.4) is 0 Å². The Balaban J connectivity index is 2.14. The van der Waals surface area contributed by atoms with Gasteiger partial charge < -0.3 is 29.6 Å². The first-order valence-corrected chi connectivity index (χ1v) is 7.42. The van der Waals surface area contributed by atoms with Gasteiger partial charge in [0.2, 0.25) is 0 Å². The molecule has 2 amide bonds. The molecule has 24 heavy (non-hydrogen) atoms. The second-order valence-corrected chi connectivity index (χ2v) is 6.20. The molecule has 8 heteroatoms. The molecule has 8 nitrogen and oxygen atoms in total. The highest BCUT2D eigenvalue weighted by Gasteiger charge is 2.29. The van der Waals surface area contributed by atoms with E-state index >= 15 is 0 Å². The van der Waals surface area contributed by atoms with Crippen LogP contribution in [0, 0.1) is 0 Å². The maximum absolute atomic E-state index is 12.3. The Labute approximate surface area is 140 Å². The molecule has 0 aliphatic carbocycles. The van der Waals surface area contributed by atoms with Crippen LogP contribution in [-0.4, -0.2) is 44.5 Å². The van der Waals surface area contributed by atoms with E-state index in [1.807, 2.05) is 0 Å². The van der Waals surface area contributed by atoms with Crippen LogP contribution < -0.4 is 24.8 Å². The molecule has 0 radical (unpaired) electrons. The molecule has 0 fully saturated rings. The number of amides is 2. The van der Waals surface area contributed by atoms with Crippen molar-refractivity contribution in [1.82, 2.24) is 5.32 Å². The maximum atomic E-state index is 12.3. The Hall–Kier alpha value is -2.64. The molecule has 132 valence electrons. The number of nitrogens with one attached hydrogen (secondary N) is 2. The summed E-state index contributed by atoms with van der Waals surface area (Å²) in [6.07, 6.45) is -0.688. The average molecular weight is 338 g/mol. The average Bonchev–Trinajstić information content (AvgIpc) is 2.63. The number of rotatable bonds is 3. The van der Waals surface area contributed by atoms with Crippen molar-refractivity contribution in [2.45, 2.75) is 32.4 Å². The number of methoxy groups -OCH3 is 2. The third-order valence-electron chi connectivity index (χ3n) is 3.16. The Morgan fingerprint density at radius 1 is 1.25 bits per heavy atom. The lowest BCUT2D eigenvalue weighted by Gasteiger charge is -2.22. The van der Waals surface area contributed by atoms with Gasteiger partial charge in [0, 0.05) is 12.1 Å². The zero-order valence-electron chi connectivity index (χ0n) is 14.4. The van der Waals surface area contributed by atoms with E-state index in [-0.39, 0.29) is 6.61 Å². The van der Waals surface area contributed by atoms with Gasteiger partial charge in [0.15, 0.2) is 11.5 Å². The first-order valence-electron chi connectivity index (χ1n) is 7.42. The molecule has 0 saturated heterocycles. The maximum Gasteiger partial charge on any atom is 0.408 e. The minimum Gasteiger partial charge on any atom is -0.493 e. The van der Waals surface area contributed by atoms with Crippen LogP contribution in [0.1, 0.15) is 20.8 Å². The van der Waals surface area contributed by atoms with Crippen molar-refractivity contribution in [3.63, 3.8) is 0 Å². The number of carbonyl (C=O) groups is 2. The monoisotopic (exact) mass is 338 g/mol. The van der Waals surface area contributed by atoms with Gasteiger partial charge in [0.1, 0.15) is 24.0 Å². The second kappa shape index (κ2) is 6.86. The standard InChI is InChI=1S/C16H22N2O6/c1-16(2,3)24-15(20)18-10-8-23-11-7-13(22-5)12(21-4)6-9(11)17-14(10)19/h6-7,10H,8H2,1-5H3,(H,17,19)(H,18,20)/t10-/m0/s1. The minimum atomic E-state index is -0.885. The van der Waals surface area contributed by atoms with Gasteiger partial charge in [-0.25, -0.2) is 4.79 Å². The quantitative estimate of drug-likeness (QED) is 0.874. The lowest BCUT2D eigenvalue weighted by Crippen LogP contribution is -2.48. The minimum absolute atomic E-state index is 0.0342. The van der Waals surface area contributed by atoms with Gasteiger partial charge in [-0.15, -0.1) is 0 Å². The van der Waals surface area contributed by atoms with Gasteiger partial charge in [-0.1, -0.05) is 0 Å². The van der Waals surface area contributed by atoms with Gasteiger partial charge in [-0.05, 0) is 20.8 Å². The Morgan fingerprint density at radius 3 is 2.46 bits per heavy atom. The smallest absolute Gasteiger partial charge is 0.408 e. The molecule has 0 spiro atoms. The number of hydrogen-bond donors (Lipinski definition) is 2. The van der Waals surface area contributed by atoms with Crippen LogP contribution in [-0.2, 0) is 9.53 Å². The summed E-state index contributed by atoms with van der Waals surface area (Å²) >= 11 is 0. The largest absolute Gasteiger partial charge is 0.493 e. The van der Waals surface area contributed by atoms with Crippen molar-refractivity contribution in [2.24, 2.45) is 0 Å². The van der Waals surface area contributed by atoms with Crippen molar-refractivity contribution in [3.05, 3.63) is 12.1 Å². The van der Waals surface area contributed by atoms with Crippen LogP contribution in [0.2, 0.25) is 0 Å². The van der Waals surface area contributed by atoms with Gasteiger partial charge in [-0.2, -0.15) is 0 Å². The summed E-state index contributed by atoms with van der Waals surface area (Å²) in [6.45, 7) is 5.19. The van der Waals surface area contributed by atoms with Crippen LogP contribution >= 0.6 is 0 Å². The lowest BCUT2D eigenvalue weighted by atomic mass is 10.2. The van der Waals surface area contributed by atoms with Crippen LogP contribution in [0.25, 0.3) is 0 Å². The number of benzene rings is 1. The van der Waals surface area contributed by atoms with Crippen molar-refractivity contribution in [1.29, 1.82) is 0 Å². The molecule has 2 N–H and O–H groups in total. The normalized spacial score (nSPS) is 16.9. The summed E-state index contributed by atoms with van der Waals surface area (Å²) in [7, 11) is 3.00. The fourth-order valence-electron chi connectivity index (χ4n) is 2.10. The van der Waals surface area contributed by atoms with E-state index < -0.39 is 23.6 Å².